The van der Waals surface area contributed by atoms with Crippen LogP contribution in [0.1, 0.15) is 11.1 Å². The molecule has 0 aliphatic heterocycles. The van der Waals surface area contributed by atoms with E-state index in [1.54, 1.807) is 42.7 Å². The maximum atomic E-state index is 12.6. The van der Waals surface area contributed by atoms with Crippen molar-refractivity contribution in [1.82, 2.24) is 9.97 Å². The molecule has 2 heterocycles. The minimum Gasteiger partial charge on any atom is -0.485 e. The zero-order chi connectivity index (χ0) is 21.9. The summed E-state index contributed by atoms with van der Waals surface area (Å²) in [7, 11) is 0. The van der Waals surface area contributed by atoms with Gasteiger partial charge in [-0.2, -0.15) is 0 Å². The second-order valence-electron chi connectivity index (χ2n) is 6.46. The van der Waals surface area contributed by atoms with Crippen LogP contribution < -0.4 is 20.9 Å². The predicted molar refractivity (Wildman–Crippen MR) is 119 cm³/mol. The number of hydrogen-bond acceptors (Lipinski definition) is 6. The molecule has 0 amide bonds. The van der Waals surface area contributed by atoms with Crippen molar-refractivity contribution < 1.29 is 13.9 Å². The molecular formula is C24H23FN4O2. The number of pyridine rings is 2. The summed E-state index contributed by atoms with van der Waals surface area (Å²) >= 11 is 0. The van der Waals surface area contributed by atoms with E-state index >= 15 is 0 Å². The molecule has 7 heteroatoms. The second-order valence-corrected chi connectivity index (χ2v) is 6.46. The molecule has 6 nitrogen and oxygen atoms in total. The van der Waals surface area contributed by atoms with Crippen molar-refractivity contribution in [3.05, 3.63) is 108 Å². The highest BCUT2D eigenvalue weighted by Gasteiger charge is 2.01. The average molecular weight is 418 g/mol. The lowest BCUT2D eigenvalue weighted by molar-refractivity contribution is 0.307. The highest BCUT2D eigenvalue weighted by atomic mass is 19.1. The van der Waals surface area contributed by atoms with Gasteiger partial charge in [0.2, 0.25) is 0 Å². The number of ether oxygens (including phenoxy) is 2. The number of rotatable bonds is 6. The van der Waals surface area contributed by atoms with Gasteiger partial charge in [-0.1, -0.05) is 42.5 Å². The van der Waals surface area contributed by atoms with Gasteiger partial charge in [-0.3, -0.25) is 0 Å². The molecule has 0 saturated heterocycles. The van der Waals surface area contributed by atoms with Crippen LogP contribution in [0, 0.1) is 5.82 Å². The first-order valence-corrected chi connectivity index (χ1v) is 9.57. The molecule has 0 saturated carbocycles. The SMILES string of the molecule is Nc1ncccc1OCc1ccc(F)cc1.Nc1ncccc1OCc1ccccc1. The number of halogens is 1. The molecule has 0 fully saturated rings. The topological polar surface area (TPSA) is 96.3 Å². The summed E-state index contributed by atoms with van der Waals surface area (Å²) in [5.41, 5.74) is 13.3. The first kappa shape index (κ1) is 21.6. The van der Waals surface area contributed by atoms with Gasteiger partial charge in [0.05, 0.1) is 0 Å². The van der Waals surface area contributed by atoms with Crippen LogP contribution in [0.4, 0.5) is 16.0 Å². The highest BCUT2D eigenvalue weighted by molar-refractivity contribution is 5.45. The number of anilines is 2. The first-order chi connectivity index (χ1) is 15.1. The van der Waals surface area contributed by atoms with Gasteiger partial charge in [-0.25, -0.2) is 14.4 Å². The number of hydrogen-bond donors (Lipinski definition) is 2. The van der Waals surface area contributed by atoms with Gasteiger partial charge in [-0.15, -0.1) is 0 Å². The van der Waals surface area contributed by atoms with Crippen molar-refractivity contribution in [2.45, 2.75) is 13.2 Å². The van der Waals surface area contributed by atoms with Crippen LogP contribution in [0.15, 0.2) is 91.3 Å². The van der Waals surface area contributed by atoms with E-state index in [9.17, 15) is 4.39 Å². The van der Waals surface area contributed by atoms with Crippen molar-refractivity contribution in [2.75, 3.05) is 11.5 Å². The van der Waals surface area contributed by atoms with Crippen LogP contribution in [0.5, 0.6) is 11.5 Å². The molecule has 2 aromatic heterocycles. The monoisotopic (exact) mass is 418 g/mol. The van der Waals surface area contributed by atoms with E-state index < -0.39 is 0 Å². The number of nitrogens with two attached hydrogens (primary N) is 2. The van der Waals surface area contributed by atoms with E-state index in [2.05, 4.69) is 9.97 Å². The van der Waals surface area contributed by atoms with E-state index in [0.717, 1.165) is 11.1 Å². The van der Waals surface area contributed by atoms with E-state index in [1.165, 1.54) is 12.1 Å². The molecule has 0 unspecified atom stereocenters. The third kappa shape index (κ3) is 7.01. The molecule has 0 radical (unpaired) electrons. The van der Waals surface area contributed by atoms with Crippen LogP contribution in [-0.4, -0.2) is 9.97 Å². The molecule has 158 valence electrons. The third-order valence-electron chi connectivity index (χ3n) is 4.14. The maximum Gasteiger partial charge on any atom is 0.166 e. The van der Waals surface area contributed by atoms with Crippen molar-refractivity contribution in [3.8, 4) is 11.5 Å². The van der Waals surface area contributed by atoms with E-state index in [-0.39, 0.29) is 5.82 Å². The Kier molecular flexibility index (Phi) is 7.77. The van der Waals surface area contributed by atoms with Gasteiger partial charge >= 0.3 is 0 Å². The van der Waals surface area contributed by atoms with Crippen LogP contribution in [0.2, 0.25) is 0 Å². The lowest BCUT2D eigenvalue weighted by atomic mass is 10.2. The third-order valence-corrected chi connectivity index (χ3v) is 4.14. The zero-order valence-corrected chi connectivity index (χ0v) is 16.8. The van der Waals surface area contributed by atoms with Crippen LogP contribution >= 0.6 is 0 Å². The van der Waals surface area contributed by atoms with E-state index in [1.807, 2.05) is 36.4 Å². The van der Waals surface area contributed by atoms with Crippen LogP contribution in [-0.2, 0) is 13.2 Å². The van der Waals surface area contributed by atoms with Crippen LogP contribution in [0.25, 0.3) is 0 Å². The molecular weight excluding hydrogens is 395 g/mol. The van der Waals surface area contributed by atoms with Crippen molar-refractivity contribution in [3.63, 3.8) is 0 Å². The number of benzene rings is 2. The molecule has 0 spiro atoms. The molecule has 4 rings (SSSR count). The molecule has 4 aromatic rings. The van der Waals surface area contributed by atoms with Gasteiger partial charge < -0.3 is 20.9 Å². The van der Waals surface area contributed by atoms with Crippen molar-refractivity contribution in [1.29, 1.82) is 0 Å². The Morgan fingerprint density at radius 1 is 0.613 bits per heavy atom. The Labute approximate surface area is 180 Å². The van der Waals surface area contributed by atoms with Crippen molar-refractivity contribution >= 4 is 11.6 Å². The lowest BCUT2D eigenvalue weighted by Gasteiger charge is -2.07. The summed E-state index contributed by atoms with van der Waals surface area (Å²) in [4.78, 5) is 7.84. The standard InChI is InChI=1S/C12H11FN2O.C12H12N2O/c13-10-5-3-9(4-6-10)8-16-11-2-1-7-15-12(11)14;13-12-11(7-4-8-14-12)15-9-10-5-2-1-3-6-10/h1-7H,8H2,(H2,14,15);1-8H,9H2,(H2,13,14). The predicted octanol–water partition coefficient (Wildman–Crippen LogP) is 4.62. The Morgan fingerprint density at radius 3 is 1.58 bits per heavy atom. The van der Waals surface area contributed by atoms with E-state index in [4.69, 9.17) is 20.9 Å². The molecule has 0 bridgehead atoms. The average Bonchev–Trinajstić information content (AvgIpc) is 2.80. The van der Waals surface area contributed by atoms with Gasteiger partial charge in [0.25, 0.3) is 0 Å². The molecule has 31 heavy (non-hydrogen) atoms. The van der Waals surface area contributed by atoms with Crippen molar-refractivity contribution in [2.24, 2.45) is 0 Å². The fourth-order valence-electron chi connectivity index (χ4n) is 2.53. The minimum atomic E-state index is -0.260. The largest absolute Gasteiger partial charge is 0.485 e. The summed E-state index contributed by atoms with van der Waals surface area (Å²) in [6.07, 6.45) is 3.24. The second kappa shape index (κ2) is 11.2. The Balaban J connectivity index is 0.000000176. The molecule has 2 aromatic carbocycles. The Hall–Kier alpha value is -4.13. The Bertz CT molecular complexity index is 1080. The molecule has 4 N–H and O–H groups in total. The Morgan fingerprint density at radius 2 is 1.10 bits per heavy atom. The maximum absolute atomic E-state index is 12.6. The van der Waals surface area contributed by atoms with Gasteiger partial charge in [0, 0.05) is 12.4 Å². The van der Waals surface area contributed by atoms with Gasteiger partial charge in [0.1, 0.15) is 19.0 Å². The van der Waals surface area contributed by atoms with Gasteiger partial charge in [-0.05, 0) is 47.5 Å². The summed E-state index contributed by atoms with van der Waals surface area (Å²) in [6, 6.07) is 23.2. The summed E-state index contributed by atoms with van der Waals surface area (Å²) in [5.74, 6) is 1.68. The molecule has 0 atom stereocenters. The molecule has 0 aliphatic rings. The number of aromatic nitrogens is 2. The smallest absolute Gasteiger partial charge is 0.166 e. The number of nitrogens with zero attached hydrogens (tertiary/aromatic N) is 2. The summed E-state index contributed by atoms with van der Waals surface area (Å²) in [5, 5.41) is 0. The quantitative estimate of drug-likeness (QED) is 0.474. The highest BCUT2D eigenvalue weighted by Crippen LogP contribution is 2.19. The first-order valence-electron chi connectivity index (χ1n) is 9.57. The number of nitrogen functional groups attached to an aromatic ring is 2. The minimum absolute atomic E-state index is 0.260. The lowest BCUT2D eigenvalue weighted by Crippen LogP contribution is -1.99. The summed E-state index contributed by atoms with van der Waals surface area (Å²) < 4.78 is 23.6. The zero-order valence-electron chi connectivity index (χ0n) is 16.8. The van der Waals surface area contributed by atoms with Gasteiger partial charge in [0.15, 0.2) is 23.1 Å². The van der Waals surface area contributed by atoms with E-state index in [0.29, 0.717) is 36.3 Å². The fourth-order valence-corrected chi connectivity index (χ4v) is 2.53. The van der Waals surface area contributed by atoms with Crippen LogP contribution in [0.3, 0.4) is 0 Å². The molecule has 0 aliphatic carbocycles. The summed E-state index contributed by atoms with van der Waals surface area (Å²) in [6.45, 7) is 0.854. The fraction of sp³-hybridized carbons (Fsp3) is 0.0833. The normalized spacial score (nSPS) is 9.97.